The zero-order valence-corrected chi connectivity index (χ0v) is 11.2. The van der Waals surface area contributed by atoms with Gasteiger partial charge in [0.1, 0.15) is 11.6 Å². The van der Waals surface area contributed by atoms with Crippen LogP contribution in [0, 0.1) is 17.7 Å². The summed E-state index contributed by atoms with van der Waals surface area (Å²) in [5.74, 6) is -1.23. The van der Waals surface area contributed by atoms with Gasteiger partial charge in [0.2, 0.25) is 0 Å². The second kappa shape index (κ2) is 7.93. The molecule has 0 heterocycles. The molecule has 57 valence electrons. The molecule has 0 amide bonds. The Hall–Kier alpha value is 1.31. The van der Waals surface area contributed by atoms with Gasteiger partial charge in [0, 0.05) is 12.1 Å². The summed E-state index contributed by atoms with van der Waals surface area (Å²) in [6.07, 6.45) is 0. The summed E-state index contributed by atoms with van der Waals surface area (Å²) >= 11 is 5.18. The monoisotopic (exact) mass is 391 g/mol. The summed E-state index contributed by atoms with van der Waals surface area (Å²) in [6.45, 7) is 0. The van der Waals surface area contributed by atoms with Gasteiger partial charge in [0.25, 0.3) is 0 Å². The van der Waals surface area contributed by atoms with Gasteiger partial charge in [-0.05, 0) is 12.1 Å². The lowest BCUT2D eigenvalue weighted by Crippen LogP contribution is -1.74. The van der Waals surface area contributed by atoms with Crippen LogP contribution in [-0.2, 0) is 0 Å². The van der Waals surface area contributed by atoms with Crippen LogP contribution in [0.15, 0.2) is 18.2 Å². The molecule has 0 N–H and O–H groups in total. The highest BCUT2D eigenvalue weighted by Crippen LogP contribution is 1.98. The largest absolute Gasteiger partial charge is 0.552 e. The number of rotatable bonds is 0. The lowest BCUT2D eigenvalue weighted by Gasteiger charge is -1.83. The Kier molecular flexibility index (Phi) is 8.87. The van der Waals surface area contributed by atoms with E-state index in [0.717, 1.165) is 12.1 Å². The highest BCUT2D eigenvalue weighted by Gasteiger charge is 1.89. The number of hydrogen-bond acceptors (Lipinski definition) is 0. The van der Waals surface area contributed by atoms with E-state index < -0.39 is 11.6 Å². The summed E-state index contributed by atoms with van der Waals surface area (Å²) < 4.78 is 23.8. The SMILES string of the molecule is Fc1[c]ccc(F)c1.[I][Mg][I]. The third kappa shape index (κ3) is 7.66. The molecule has 0 aliphatic heterocycles. The van der Waals surface area contributed by atoms with Gasteiger partial charge in [0.05, 0.1) is 0 Å². The summed E-state index contributed by atoms with van der Waals surface area (Å²) in [5.41, 5.74) is 0. The molecule has 1 rings (SSSR count). The molecule has 0 saturated carbocycles. The molecule has 0 atom stereocenters. The molecule has 1 aromatic rings. The van der Waals surface area contributed by atoms with E-state index in [0.29, 0.717) is 12.6 Å². The molecule has 0 bridgehead atoms. The Morgan fingerprint density at radius 2 is 1.91 bits per heavy atom. The quantitative estimate of drug-likeness (QED) is 0.471. The second-order valence-corrected chi connectivity index (χ2v) is 15.0. The zero-order valence-electron chi connectivity index (χ0n) is 5.45. The Balaban J connectivity index is 0.000000292. The van der Waals surface area contributed by atoms with Crippen molar-refractivity contribution in [3.05, 3.63) is 35.9 Å². The summed E-state index contributed by atoms with van der Waals surface area (Å²) in [7, 11) is 0. The van der Waals surface area contributed by atoms with Crippen LogP contribution in [0.3, 0.4) is 0 Å². The normalized spacial score (nSPS) is 7.64. The van der Waals surface area contributed by atoms with Crippen molar-refractivity contribution in [2.75, 3.05) is 0 Å². The molecule has 0 fully saturated rings. The van der Waals surface area contributed by atoms with E-state index in [1.807, 2.05) is 0 Å². The van der Waals surface area contributed by atoms with Crippen LogP contribution >= 0.6 is 37.7 Å². The average Bonchev–Trinajstić information content (AvgIpc) is 1.88. The van der Waals surface area contributed by atoms with Gasteiger partial charge in [0.15, 0.2) is 0 Å². The molecule has 0 aromatic heterocycles. The van der Waals surface area contributed by atoms with Gasteiger partial charge in [-0.2, -0.15) is 0 Å². The molecule has 0 unspecified atom stereocenters. The Bertz CT molecular complexity index is 190. The predicted octanol–water partition coefficient (Wildman–Crippen LogP) is 3.16. The fourth-order valence-electron chi connectivity index (χ4n) is 0.412. The van der Waals surface area contributed by atoms with E-state index >= 15 is 0 Å². The average molecular weight is 391 g/mol. The van der Waals surface area contributed by atoms with Crippen molar-refractivity contribution in [3.8, 4) is 0 Å². The highest BCUT2D eigenvalue weighted by atomic mass is 127. The predicted molar refractivity (Wildman–Crippen MR) is 59.0 cm³/mol. The van der Waals surface area contributed by atoms with Crippen molar-refractivity contribution in [2.24, 2.45) is 0 Å². The topological polar surface area (TPSA) is 0 Å². The molecule has 0 aliphatic rings. The standard InChI is InChI=1S/C6H3F2.2HI.Mg/c7-5-2-1-3-6(8)4-5;;;/h1-2,4H;2*1H;/q;;;+2/p-2. The van der Waals surface area contributed by atoms with Crippen LogP contribution in [0.1, 0.15) is 0 Å². The minimum Gasteiger partial charge on any atom is -0.276 e. The van der Waals surface area contributed by atoms with E-state index in [2.05, 4.69) is 43.8 Å². The van der Waals surface area contributed by atoms with Gasteiger partial charge in [-0.15, -0.1) is 0 Å². The van der Waals surface area contributed by atoms with Crippen molar-refractivity contribution in [1.29, 1.82) is 0 Å². The van der Waals surface area contributed by atoms with E-state index in [1.165, 1.54) is 6.07 Å². The van der Waals surface area contributed by atoms with Crippen LogP contribution in [0.25, 0.3) is 0 Å². The first-order valence-corrected chi connectivity index (χ1v) is 12.9. The smallest absolute Gasteiger partial charge is 0.276 e. The van der Waals surface area contributed by atoms with Gasteiger partial charge in [-0.25, -0.2) is 8.78 Å². The molecule has 0 nitrogen and oxygen atoms in total. The first kappa shape index (κ1) is 12.3. The molecule has 1 radical (unpaired) electrons. The van der Waals surface area contributed by atoms with E-state index in [9.17, 15) is 8.78 Å². The summed E-state index contributed by atoms with van der Waals surface area (Å²) in [5, 5.41) is 0. The lowest BCUT2D eigenvalue weighted by atomic mass is 10.3. The van der Waals surface area contributed by atoms with E-state index in [-0.39, 0.29) is 0 Å². The lowest BCUT2D eigenvalue weighted by molar-refractivity contribution is 0.582. The zero-order chi connectivity index (χ0) is 8.69. The Morgan fingerprint density at radius 3 is 2.18 bits per heavy atom. The van der Waals surface area contributed by atoms with Crippen molar-refractivity contribution < 1.29 is 8.78 Å². The van der Waals surface area contributed by atoms with Crippen LogP contribution in [0.5, 0.6) is 0 Å². The molecular weight excluding hydrogens is 388 g/mol. The molecular formula is C6H3F2I2Mg. The second-order valence-electron chi connectivity index (χ2n) is 1.46. The van der Waals surface area contributed by atoms with Crippen LogP contribution < -0.4 is 0 Å². The van der Waals surface area contributed by atoms with Crippen LogP contribution in [0.2, 0.25) is 0 Å². The fourth-order valence-corrected chi connectivity index (χ4v) is 0.412. The van der Waals surface area contributed by atoms with Gasteiger partial charge >= 0.3 is 12.6 Å². The fraction of sp³-hybridized carbons (Fsp3) is 0. The molecule has 1 aromatic carbocycles. The van der Waals surface area contributed by atoms with Crippen molar-refractivity contribution in [3.63, 3.8) is 0 Å². The molecule has 5 heteroatoms. The highest BCUT2D eigenvalue weighted by molar-refractivity contribution is 14.3. The minimum absolute atomic E-state index is 0.357. The Morgan fingerprint density at radius 1 is 1.36 bits per heavy atom. The van der Waals surface area contributed by atoms with Crippen LogP contribution in [-0.4, -0.2) is 12.6 Å². The maximum Gasteiger partial charge on any atom is 0.552 e. The molecule has 0 aliphatic carbocycles. The van der Waals surface area contributed by atoms with Gasteiger partial charge < -0.3 is 0 Å². The third-order valence-corrected chi connectivity index (χ3v) is 0.728. The molecule has 11 heavy (non-hydrogen) atoms. The number of benzene rings is 1. The summed E-state index contributed by atoms with van der Waals surface area (Å²) in [4.78, 5) is 0. The molecule has 0 spiro atoms. The van der Waals surface area contributed by atoms with Gasteiger partial charge in [-0.3, -0.25) is 37.7 Å². The summed E-state index contributed by atoms with van der Waals surface area (Å²) in [6, 6.07) is 5.28. The number of halogens is 4. The molecule has 0 saturated heterocycles. The maximum atomic E-state index is 11.9. The third-order valence-electron chi connectivity index (χ3n) is 0.728. The van der Waals surface area contributed by atoms with Crippen molar-refractivity contribution in [1.82, 2.24) is 0 Å². The van der Waals surface area contributed by atoms with Crippen molar-refractivity contribution in [2.45, 2.75) is 0 Å². The Labute approximate surface area is 93.6 Å². The van der Waals surface area contributed by atoms with E-state index in [4.69, 9.17) is 0 Å². The van der Waals surface area contributed by atoms with Crippen molar-refractivity contribution >= 4 is 50.3 Å². The van der Waals surface area contributed by atoms with Gasteiger partial charge in [-0.1, -0.05) is 0 Å². The number of hydrogen-bond donors (Lipinski definition) is 0. The van der Waals surface area contributed by atoms with Crippen LogP contribution in [0.4, 0.5) is 8.78 Å². The first-order chi connectivity index (χ1) is 5.20. The maximum absolute atomic E-state index is 11.9. The van der Waals surface area contributed by atoms with E-state index in [1.54, 1.807) is 0 Å². The first-order valence-electron chi connectivity index (χ1n) is 2.65. The minimum atomic E-state index is -0.662.